The van der Waals surface area contributed by atoms with E-state index in [4.69, 9.17) is 43.0 Å². The number of amides is 4. The van der Waals surface area contributed by atoms with E-state index in [1.165, 1.54) is 0 Å². The molecule has 2 aromatic rings. The lowest BCUT2D eigenvalue weighted by Crippen LogP contribution is -2.54. The molecule has 3 rings (SSSR count). The topological polar surface area (TPSA) is 291 Å². The number of carboxylic acids is 1. The van der Waals surface area contributed by atoms with Crippen molar-refractivity contribution >= 4 is 41.6 Å². The normalized spacial score (nSPS) is 14.3. The van der Waals surface area contributed by atoms with Crippen molar-refractivity contribution in [1.82, 2.24) is 16.0 Å². The Kier molecular flexibility index (Phi) is 20.4. The Morgan fingerprint density at radius 3 is 1.98 bits per heavy atom. The molecule has 0 aromatic heterocycles. The van der Waals surface area contributed by atoms with Crippen LogP contribution in [0.1, 0.15) is 80.9 Å². The van der Waals surface area contributed by atoms with Gasteiger partial charge >= 0.3 is 18.2 Å². The number of alkyl carbamates (subject to hydrolysis) is 1. The molecule has 314 valence electrons. The number of hydrogen-bond acceptors (Lipinski definition) is 8. The first-order valence-electron chi connectivity index (χ1n) is 18.6. The Balaban J connectivity index is 0.00000146. The van der Waals surface area contributed by atoms with Crippen LogP contribution in [-0.4, -0.2) is 78.0 Å². The summed E-state index contributed by atoms with van der Waals surface area (Å²) in [6, 6.07) is 14.7. The van der Waals surface area contributed by atoms with E-state index in [2.05, 4.69) is 20.9 Å². The summed E-state index contributed by atoms with van der Waals surface area (Å²) in [6.07, 6.45) is 1.73. The monoisotopic (exact) mass is 805 g/mol. The molecule has 1 saturated carbocycles. The summed E-state index contributed by atoms with van der Waals surface area (Å²) in [6.45, 7) is 0.724. The minimum absolute atomic E-state index is 0.0308. The number of halogens is 3. The van der Waals surface area contributed by atoms with Crippen LogP contribution in [0.5, 0.6) is 0 Å². The maximum Gasteiger partial charge on any atom is 0.490 e. The lowest BCUT2D eigenvalue weighted by Gasteiger charge is -2.31. The Morgan fingerprint density at radius 2 is 1.42 bits per heavy atom. The van der Waals surface area contributed by atoms with E-state index >= 15 is 0 Å². The number of nitrogens with two attached hydrogens (primary N) is 4. The van der Waals surface area contributed by atoms with Crippen molar-refractivity contribution < 1.29 is 47.0 Å². The molecule has 0 saturated heterocycles. The third-order valence-electron chi connectivity index (χ3n) is 9.16. The molecular formula is C38H54F3N9O7. The summed E-state index contributed by atoms with van der Waals surface area (Å²) in [5, 5.41) is 23.3. The average molecular weight is 806 g/mol. The van der Waals surface area contributed by atoms with Gasteiger partial charge in [0.05, 0.1) is 0 Å². The third kappa shape index (κ3) is 19.0. The molecule has 3 atom stereocenters. The number of nitrogens with zero attached hydrogens (tertiary/aromatic N) is 1. The second kappa shape index (κ2) is 24.6. The third-order valence-corrected chi connectivity index (χ3v) is 9.16. The highest BCUT2D eigenvalue weighted by Gasteiger charge is 2.38. The molecule has 4 amide bonds. The summed E-state index contributed by atoms with van der Waals surface area (Å²) in [5.74, 6) is -4.58. The number of carbonyl (C=O) groups excluding carboxylic acids is 4. The smallest absolute Gasteiger partial charge is 0.475 e. The molecule has 1 fully saturated rings. The number of rotatable bonds is 20. The largest absolute Gasteiger partial charge is 0.490 e. The number of amidine groups is 1. The maximum atomic E-state index is 14.0. The number of nitrogen functional groups attached to an aromatic ring is 1. The summed E-state index contributed by atoms with van der Waals surface area (Å²) >= 11 is 0. The van der Waals surface area contributed by atoms with Gasteiger partial charge in [-0.3, -0.25) is 24.8 Å². The highest BCUT2D eigenvalue weighted by atomic mass is 19.4. The van der Waals surface area contributed by atoms with Crippen molar-refractivity contribution in [3.63, 3.8) is 0 Å². The van der Waals surface area contributed by atoms with Gasteiger partial charge in [0.1, 0.15) is 24.5 Å². The number of benzene rings is 2. The van der Waals surface area contributed by atoms with Crippen molar-refractivity contribution in [3.05, 3.63) is 71.3 Å². The number of ether oxygens (including phenoxy) is 1. The molecular weight excluding hydrogens is 751 g/mol. The van der Waals surface area contributed by atoms with Crippen LogP contribution in [0.15, 0.2) is 59.6 Å². The molecule has 57 heavy (non-hydrogen) atoms. The number of unbranched alkanes of at least 4 members (excludes halogenated alkanes) is 1. The molecule has 2 aromatic carbocycles. The second-order valence-electron chi connectivity index (χ2n) is 13.6. The Bertz CT molecular complexity index is 1630. The lowest BCUT2D eigenvalue weighted by molar-refractivity contribution is -0.192. The van der Waals surface area contributed by atoms with Crippen LogP contribution in [0.25, 0.3) is 0 Å². The van der Waals surface area contributed by atoms with Gasteiger partial charge in [0.2, 0.25) is 17.7 Å². The zero-order chi connectivity index (χ0) is 42.4. The van der Waals surface area contributed by atoms with Crippen LogP contribution in [0.3, 0.4) is 0 Å². The van der Waals surface area contributed by atoms with E-state index in [1.54, 1.807) is 12.1 Å². The number of aliphatic carboxylic acids is 1. The number of guanidine groups is 1. The molecule has 13 N–H and O–H groups in total. The van der Waals surface area contributed by atoms with Crippen LogP contribution in [0.4, 0.5) is 18.0 Å². The van der Waals surface area contributed by atoms with E-state index in [0.717, 1.165) is 43.2 Å². The lowest BCUT2D eigenvalue weighted by atomic mass is 9.76. The van der Waals surface area contributed by atoms with Crippen LogP contribution >= 0.6 is 0 Å². The second-order valence-corrected chi connectivity index (χ2v) is 13.6. The number of aliphatic imine (C=N–C) groups is 1. The van der Waals surface area contributed by atoms with E-state index in [-0.39, 0.29) is 55.5 Å². The SMILES string of the molecule is N=C(N)c1ccc(C[C@H](C(=O)NC(CCCCNC(=O)OCc2ccccc2)C(=O)NC(CCCN=C(N)N)C(N)=O)C2CCCCC2)cc1.O=C(O)C(F)(F)F. The van der Waals surface area contributed by atoms with Gasteiger partial charge in [-0.2, -0.15) is 13.2 Å². The van der Waals surface area contributed by atoms with Crippen molar-refractivity contribution in [2.45, 2.75) is 95.5 Å². The van der Waals surface area contributed by atoms with Crippen LogP contribution < -0.4 is 38.9 Å². The minimum atomic E-state index is -5.08. The Hall–Kier alpha value is -5.88. The number of carbonyl (C=O) groups is 5. The van der Waals surface area contributed by atoms with Crippen molar-refractivity contribution in [2.75, 3.05) is 13.1 Å². The van der Waals surface area contributed by atoms with Gasteiger partial charge in [-0.05, 0) is 68.4 Å². The molecule has 0 bridgehead atoms. The fourth-order valence-corrected chi connectivity index (χ4v) is 6.13. The Morgan fingerprint density at radius 1 is 0.825 bits per heavy atom. The van der Waals surface area contributed by atoms with Gasteiger partial charge in [-0.15, -0.1) is 0 Å². The highest BCUT2D eigenvalue weighted by molar-refractivity contribution is 5.95. The van der Waals surface area contributed by atoms with Crippen molar-refractivity contribution in [2.24, 2.45) is 39.8 Å². The van der Waals surface area contributed by atoms with Crippen LogP contribution in [-0.2, 0) is 36.9 Å². The minimum Gasteiger partial charge on any atom is -0.475 e. The van der Waals surface area contributed by atoms with Gasteiger partial charge in [0.15, 0.2) is 5.96 Å². The van der Waals surface area contributed by atoms with Crippen LogP contribution in [0.2, 0.25) is 0 Å². The van der Waals surface area contributed by atoms with Crippen LogP contribution in [0, 0.1) is 17.2 Å². The van der Waals surface area contributed by atoms with E-state index in [0.29, 0.717) is 37.8 Å². The molecule has 19 heteroatoms. The fraction of sp³-hybridized carbons (Fsp3) is 0.500. The van der Waals surface area contributed by atoms with E-state index in [9.17, 15) is 32.3 Å². The molecule has 0 aliphatic heterocycles. The van der Waals surface area contributed by atoms with Crippen molar-refractivity contribution in [3.8, 4) is 0 Å². The van der Waals surface area contributed by atoms with Crippen molar-refractivity contribution in [1.29, 1.82) is 5.41 Å². The number of carboxylic acid groups (broad SMARTS) is 1. The summed E-state index contributed by atoms with van der Waals surface area (Å²) in [7, 11) is 0. The number of hydrogen-bond donors (Lipinski definition) is 9. The fourth-order valence-electron chi connectivity index (χ4n) is 6.13. The highest BCUT2D eigenvalue weighted by Crippen LogP contribution is 2.32. The Labute approximate surface area is 329 Å². The molecule has 2 unspecified atom stereocenters. The molecule has 16 nitrogen and oxygen atoms in total. The number of alkyl halides is 3. The molecule has 1 aliphatic carbocycles. The first-order chi connectivity index (χ1) is 27.0. The quantitative estimate of drug-likeness (QED) is 0.0536. The first-order valence-corrected chi connectivity index (χ1v) is 18.6. The van der Waals surface area contributed by atoms with E-state index < -0.39 is 42.1 Å². The molecule has 0 spiro atoms. The summed E-state index contributed by atoms with van der Waals surface area (Å²) < 4.78 is 37.0. The van der Waals surface area contributed by atoms with Gasteiger partial charge in [0.25, 0.3) is 0 Å². The van der Waals surface area contributed by atoms with Gasteiger partial charge < -0.3 is 48.7 Å². The molecule has 0 radical (unpaired) electrons. The summed E-state index contributed by atoms with van der Waals surface area (Å²) in [5.41, 5.74) is 24.4. The average Bonchev–Trinajstić information content (AvgIpc) is 3.17. The van der Waals surface area contributed by atoms with Gasteiger partial charge in [-0.1, -0.05) is 73.9 Å². The number of nitrogens with one attached hydrogen (secondary N) is 4. The van der Waals surface area contributed by atoms with E-state index in [1.807, 2.05) is 42.5 Å². The maximum absolute atomic E-state index is 14.0. The molecule has 0 heterocycles. The predicted molar refractivity (Wildman–Crippen MR) is 206 cm³/mol. The summed E-state index contributed by atoms with van der Waals surface area (Å²) in [4.78, 5) is 65.0. The van der Waals surface area contributed by atoms with Gasteiger partial charge in [-0.25, -0.2) is 9.59 Å². The molecule has 1 aliphatic rings. The number of primary amides is 1. The zero-order valence-corrected chi connectivity index (χ0v) is 31.7. The zero-order valence-electron chi connectivity index (χ0n) is 31.7. The predicted octanol–water partition coefficient (Wildman–Crippen LogP) is 2.95. The standard InChI is InChI=1S/C36H53N9O5.C2HF3O2/c37-31(38)27-18-16-24(17-19-27)22-28(26-12-5-2-6-13-26)33(47)45-30(34(48)44-29(32(39)46)15-9-21-42-35(40)41)14-7-8-20-43-36(49)50-23-25-10-3-1-4-11-25;3-2(4,5)1(6)7/h1,3-4,10-11,16-19,26,28-30H,2,5-9,12-15,20-23H2,(H3,37,38)(H2,39,46)(H,43,49)(H,44,48)(H,45,47)(H4,40,41,42);(H,6,7)/t28-,29?,30?;/m0./s1. The first kappa shape index (κ1) is 47.3. The van der Waals surface area contributed by atoms with Gasteiger partial charge in [0, 0.05) is 24.6 Å².